The van der Waals surface area contributed by atoms with Crippen LogP contribution < -0.4 is 0 Å². The molecule has 0 radical (unpaired) electrons. The smallest absolute Gasteiger partial charge is 0.181 e. The van der Waals surface area contributed by atoms with E-state index in [9.17, 15) is 0 Å². The van der Waals surface area contributed by atoms with Gasteiger partial charge in [-0.2, -0.15) is 5.10 Å². The lowest BCUT2D eigenvalue weighted by Crippen LogP contribution is -2.45. The van der Waals surface area contributed by atoms with Gasteiger partial charge in [-0.15, -0.1) is 0 Å². The monoisotopic (exact) mass is 354 g/mol. The maximum Gasteiger partial charge on any atom is 0.181 e. The van der Waals surface area contributed by atoms with Gasteiger partial charge < -0.3 is 4.90 Å². The average molecular weight is 355 g/mol. The molecule has 1 aliphatic carbocycles. The maximum atomic E-state index is 5.02. The van der Waals surface area contributed by atoms with Crippen LogP contribution in [-0.2, 0) is 0 Å². The molecule has 1 atom stereocenters. The van der Waals surface area contributed by atoms with Gasteiger partial charge >= 0.3 is 0 Å². The van der Waals surface area contributed by atoms with Crippen molar-refractivity contribution in [1.29, 1.82) is 0 Å². The van der Waals surface area contributed by atoms with Crippen LogP contribution in [0.3, 0.4) is 0 Å². The minimum atomic E-state index is 0.300. The highest BCUT2D eigenvalue weighted by Crippen LogP contribution is 2.32. The van der Waals surface area contributed by atoms with E-state index in [0.29, 0.717) is 12.1 Å². The van der Waals surface area contributed by atoms with Gasteiger partial charge in [0.15, 0.2) is 5.82 Å². The highest BCUT2D eigenvalue weighted by Gasteiger charge is 2.28. The summed E-state index contributed by atoms with van der Waals surface area (Å²) in [6, 6.07) is 4.81. The first-order valence-electron chi connectivity index (χ1n) is 10.0. The molecule has 2 aliphatic rings. The number of aromatic nitrogens is 4. The third-order valence-electron chi connectivity index (χ3n) is 5.98. The largest absolute Gasteiger partial charge is 0.304 e. The molecule has 0 aromatic carbocycles. The van der Waals surface area contributed by atoms with Gasteiger partial charge in [-0.25, -0.2) is 9.67 Å². The standard InChI is InChI=1S/C20H30N6/c1-16(25-14-12-24(2)13-15-25)20-22-19(17-8-10-21-11-9-17)23-26(20)18-6-4-3-5-7-18/h8-11,16,18H,3-7,12-15H2,1-2H3/t16-/m1/s1. The molecular weight excluding hydrogens is 324 g/mol. The van der Waals surface area contributed by atoms with E-state index in [2.05, 4.69) is 33.4 Å². The highest BCUT2D eigenvalue weighted by molar-refractivity contribution is 5.53. The van der Waals surface area contributed by atoms with Gasteiger partial charge in [0, 0.05) is 44.1 Å². The molecule has 0 N–H and O–H groups in total. The molecule has 6 heteroatoms. The Morgan fingerprint density at radius 1 is 1.00 bits per heavy atom. The van der Waals surface area contributed by atoms with Crippen LogP contribution in [-0.4, -0.2) is 62.8 Å². The zero-order chi connectivity index (χ0) is 17.9. The van der Waals surface area contributed by atoms with Gasteiger partial charge in [-0.1, -0.05) is 19.3 Å². The molecule has 0 spiro atoms. The molecule has 26 heavy (non-hydrogen) atoms. The molecule has 0 bridgehead atoms. The van der Waals surface area contributed by atoms with Crippen molar-refractivity contribution < 1.29 is 0 Å². The van der Waals surface area contributed by atoms with Crippen molar-refractivity contribution in [2.75, 3.05) is 33.2 Å². The zero-order valence-electron chi connectivity index (χ0n) is 16.0. The van der Waals surface area contributed by atoms with Crippen molar-refractivity contribution in [2.24, 2.45) is 0 Å². The van der Waals surface area contributed by atoms with Crippen LogP contribution in [0.1, 0.15) is 56.9 Å². The number of nitrogens with zero attached hydrogens (tertiary/aromatic N) is 6. The van der Waals surface area contributed by atoms with E-state index in [-0.39, 0.29) is 0 Å². The predicted octanol–water partition coefficient (Wildman–Crippen LogP) is 3.15. The Morgan fingerprint density at radius 2 is 1.69 bits per heavy atom. The fraction of sp³-hybridized carbons (Fsp3) is 0.650. The Bertz CT molecular complexity index is 698. The number of hydrogen-bond acceptors (Lipinski definition) is 5. The van der Waals surface area contributed by atoms with Crippen molar-refractivity contribution in [1.82, 2.24) is 29.5 Å². The van der Waals surface area contributed by atoms with Gasteiger partial charge in [0.25, 0.3) is 0 Å². The summed E-state index contributed by atoms with van der Waals surface area (Å²) in [4.78, 5) is 14.1. The summed E-state index contributed by atoms with van der Waals surface area (Å²) in [5, 5.41) is 4.98. The van der Waals surface area contributed by atoms with Gasteiger partial charge in [0.2, 0.25) is 0 Å². The summed E-state index contributed by atoms with van der Waals surface area (Å²) in [5.41, 5.74) is 1.06. The fourth-order valence-corrected chi connectivity index (χ4v) is 4.21. The number of hydrogen-bond donors (Lipinski definition) is 0. The van der Waals surface area contributed by atoms with E-state index in [4.69, 9.17) is 10.1 Å². The Morgan fingerprint density at radius 3 is 2.38 bits per heavy atom. The van der Waals surface area contributed by atoms with E-state index in [1.54, 1.807) is 0 Å². The van der Waals surface area contributed by atoms with E-state index >= 15 is 0 Å². The second-order valence-electron chi connectivity index (χ2n) is 7.78. The molecule has 1 aliphatic heterocycles. The molecular formula is C20H30N6. The van der Waals surface area contributed by atoms with Crippen molar-refractivity contribution in [3.8, 4) is 11.4 Å². The minimum Gasteiger partial charge on any atom is -0.304 e. The van der Waals surface area contributed by atoms with E-state index in [0.717, 1.165) is 43.4 Å². The average Bonchev–Trinajstić information content (AvgIpc) is 3.15. The lowest BCUT2D eigenvalue weighted by molar-refractivity contribution is 0.111. The van der Waals surface area contributed by atoms with Gasteiger partial charge in [-0.05, 0) is 38.9 Å². The molecule has 0 amide bonds. The highest BCUT2D eigenvalue weighted by atomic mass is 15.4. The van der Waals surface area contributed by atoms with Crippen molar-refractivity contribution in [3.05, 3.63) is 30.4 Å². The molecule has 2 aromatic heterocycles. The molecule has 3 heterocycles. The summed E-state index contributed by atoms with van der Waals surface area (Å²) in [6.45, 7) is 6.74. The van der Waals surface area contributed by atoms with Crippen LogP contribution >= 0.6 is 0 Å². The maximum absolute atomic E-state index is 5.02. The topological polar surface area (TPSA) is 50.1 Å². The Hall–Kier alpha value is -1.79. The lowest BCUT2D eigenvalue weighted by Gasteiger charge is -2.36. The lowest BCUT2D eigenvalue weighted by atomic mass is 9.95. The first-order chi connectivity index (χ1) is 12.7. The summed E-state index contributed by atoms with van der Waals surface area (Å²) in [5.74, 6) is 1.97. The second kappa shape index (κ2) is 7.84. The van der Waals surface area contributed by atoms with Gasteiger partial charge in [0.05, 0.1) is 12.1 Å². The van der Waals surface area contributed by atoms with Gasteiger partial charge in [-0.3, -0.25) is 9.88 Å². The SMILES string of the molecule is C[C@H](c1nc(-c2ccncc2)nn1C1CCCCC1)N1CCN(C)CC1. The summed E-state index contributed by atoms with van der Waals surface area (Å²) < 4.78 is 2.26. The first kappa shape index (κ1) is 17.6. The molecule has 6 nitrogen and oxygen atoms in total. The number of piperazine rings is 1. The van der Waals surface area contributed by atoms with Crippen LogP contribution in [0.2, 0.25) is 0 Å². The Balaban J connectivity index is 1.65. The zero-order valence-corrected chi connectivity index (χ0v) is 16.0. The van der Waals surface area contributed by atoms with Crippen molar-refractivity contribution in [2.45, 2.75) is 51.1 Å². The van der Waals surface area contributed by atoms with E-state index in [1.807, 2.05) is 24.5 Å². The number of likely N-dealkylation sites (N-methyl/N-ethyl adjacent to an activating group) is 1. The molecule has 140 valence electrons. The van der Waals surface area contributed by atoms with Gasteiger partial charge in [0.1, 0.15) is 5.82 Å². The molecule has 2 fully saturated rings. The van der Waals surface area contributed by atoms with Crippen molar-refractivity contribution in [3.63, 3.8) is 0 Å². The molecule has 1 saturated carbocycles. The quantitative estimate of drug-likeness (QED) is 0.844. The molecule has 0 unspecified atom stereocenters. The second-order valence-corrected chi connectivity index (χ2v) is 7.78. The Kier molecular flexibility index (Phi) is 5.31. The number of rotatable bonds is 4. The third-order valence-corrected chi connectivity index (χ3v) is 5.98. The Labute approximate surface area is 156 Å². The summed E-state index contributed by atoms with van der Waals surface area (Å²) in [7, 11) is 2.20. The minimum absolute atomic E-state index is 0.300. The fourth-order valence-electron chi connectivity index (χ4n) is 4.21. The third kappa shape index (κ3) is 3.67. The molecule has 4 rings (SSSR count). The van der Waals surface area contributed by atoms with E-state index in [1.165, 1.54) is 32.1 Å². The van der Waals surface area contributed by atoms with Crippen LogP contribution in [0.5, 0.6) is 0 Å². The predicted molar refractivity (Wildman–Crippen MR) is 103 cm³/mol. The van der Waals surface area contributed by atoms with Crippen LogP contribution in [0.4, 0.5) is 0 Å². The van der Waals surface area contributed by atoms with Crippen molar-refractivity contribution >= 4 is 0 Å². The number of pyridine rings is 1. The van der Waals surface area contributed by atoms with Crippen LogP contribution in [0.15, 0.2) is 24.5 Å². The normalized spacial score (nSPS) is 21.8. The summed E-state index contributed by atoms with van der Waals surface area (Å²) in [6.07, 6.45) is 10.0. The van der Waals surface area contributed by atoms with Crippen LogP contribution in [0.25, 0.3) is 11.4 Å². The van der Waals surface area contributed by atoms with Crippen LogP contribution in [0, 0.1) is 0 Å². The molecule has 1 saturated heterocycles. The first-order valence-corrected chi connectivity index (χ1v) is 10.0. The summed E-state index contributed by atoms with van der Waals surface area (Å²) >= 11 is 0. The van der Waals surface area contributed by atoms with E-state index < -0.39 is 0 Å². The molecule has 2 aromatic rings.